The second-order valence-corrected chi connectivity index (χ2v) is 11.5. The highest BCUT2D eigenvalue weighted by Gasteiger charge is 2.44. The van der Waals surface area contributed by atoms with E-state index in [1.165, 1.54) is 22.4 Å². The third kappa shape index (κ3) is 4.46. The number of anilines is 1. The Kier molecular flexibility index (Phi) is 6.25. The first-order chi connectivity index (χ1) is 19.0. The van der Waals surface area contributed by atoms with Gasteiger partial charge in [-0.1, -0.05) is 6.07 Å². The number of piperidine rings is 2. The van der Waals surface area contributed by atoms with Crippen LogP contribution in [0.4, 0.5) is 5.69 Å². The number of benzene rings is 2. The summed E-state index contributed by atoms with van der Waals surface area (Å²) in [7, 11) is 0. The van der Waals surface area contributed by atoms with Crippen LogP contribution in [0.1, 0.15) is 54.9 Å². The summed E-state index contributed by atoms with van der Waals surface area (Å²) >= 11 is 0. The number of hydroxylamine groups is 2. The predicted molar refractivity (Wildman–Crippen MR) is 144 cm³/mol. The zero-order valence-corrected chi connectivity index (χ0v) is 22.5. The van der Waals surface area contributed by atoms with Crippen LogP contribution in [0.3, 0.4) is 0 Å². The molecule has 5 aliphatic rings. The summed E-state index contributed by atoms with van der Waals surface area (Å²) < 4.78 is 12.1. The number of ether oxygens (including phenoxy) is 2. The van der Waals surface area contributed by atoms with E-state index < -0.39 is 6.04 Å². The molecule has 0 aromatic heterocycles. The molecule has 1 N–H and O–H groups in total. The molecule has 2 aromatic rings. The molecule has 0 bridgehead atoms. The van der Waals surface area contributed by atoms with Crippen LogP contribution in [0.25, 0.3) is 0 Å². The van der Waals surface area contributed by atoms with Crippen LogP contribution >= 0.6 is 0 Å². The maximum Gasteiger partial charge on any atom is 0.246 e. The number of carbonyl (C=O) groups is 2. The number of amides is 2. The van der Waals surface area contributed by atoms with Gasteiger partial charge in [0.25, 0.3) is 0 Å². The Morgan fingerprint density at radius 2 is 1.90 bits per heavy atom. The predicted octanol–water partition coefficient (Wildman–Crippen LogP) is 2.88. The first-order valence-electron chi connectivity index (χ1n) is 14.3. The standard InChI is InChI=1S/C30H36N4O5/c1-2-33-11-12-37-26-5-3-20(13-25(26)33)16-32-9-7-30(8-10-32)19-38-27-15-22-18-39-34(17-21(22)14-23(27)30)24-4-6-28(35)31-29(24)36/h3,5,13-15,24H,2,4,6-12,16-19H2,1H3,(H,31,35,36). The molecular weight excluding hydrogens is 496 g/mol. The van der Waals surface area contributed by atoms with Crippen LogP contribution in [0.2, 0.25) is 0 Å². The van der Waals surface area contributed by atoms with Crippen molar-refractivity contribution in [3.63, 3.8) is 0 Å². The highest BCUT2D eigenvalue weighted by atomic mass is 16.7. The van der Waals surface area contributed by atoms with E-state index in [2.05, 4.69) is 52.4 Å². The Bertz CT molecular complexity index is 1300. The van der Waals surface area contributed by atoms with E-state index in [9.17, 15) is 9.59 Å². The molecule has 0 aliphatic carbocycles. The highest BCUT2D eigenvalue weighted by molar-refractivity contribution is 6.00. The molecule has 7 rings (SSSR count). The van der Waals surface area contributed by atoms with E-state index in [1.54, 1.807) is 5.06 Å². The normalized spacial score (nSPS) is 24.4. The molecule has 9 nitrogen and oxygen atoms in total. The van der Waals surface area contributed by atoms with Crippen LogP contribution < -0.4 is 19.7 Å². The van der Waals surface area contributed by atoms with Crippen LogP contribution in [0.15, 0.2) is 30.3 Å². The topological polar surface area (TPSA) is 83.6 Å². The van der Waals surface area contributed by atoms with E-state index in [-0.39, 0.29) is 17.2 Å². The summed E-state index contributed by atoms with van der Waals surface area (Å²) in [5, 5.41) is 4.20. The zero-order valence-electron chi connectivity index (χ0n) is 22.5. The Hall–Kier alpha value is -3.14. The minimum atomic E-state index is -0.433. The summed E-state index contributed by atoms with van der Waals surface area (Å²) in [6.45, 7) is 9.54. The molecule has 39 heavy (non-hydrogen) atoms. The van der Waals surface area contributed by atoms with Gasteiger partial charge in [-0.25, -0.2) is 0 Å². The van der Waals surface area contributed by atoms with E-state index in [0.29, 0.717) is 26.0 Å². The van der Waals surface area contributed by atoms with Gasteiger partial charge in [-0.2, -0.15) is 5.06 Å². The minimum Gasteiger partial charge on any atom is -0.492 e. The molecule has 5 heterocycles. The highest BCUT2D eigenvalue weighted by Crippen LogP contribution is 2.47. The molecule has 2 aromatic carbocycles. The summed E-state index contributed by atoms with van der Waals surface area (Å²) in [6, 6.07) is 10.7. The molecule has 5 aliphatic heterocycles. The Labute approximate surface area is 228 Å². The van der Waals surface area contributed by atoms with Gasteiger partial charge >= 0.3 is 0 Å². The molecule has 2 amide bonds. The molecule has 1 unspecified atom stereocenters. The Balaban J connectivity index is 1.04. The monoisotopic (exact) mass is 532 g/mol. The maximum atomic E-state index is 12.4. The second kappa shape index (κ2) is 9.80. The van der Waals surface area contributed by atoms with Gasteiger partial charge in [-0.3, -0.25) is 24.6 Å². The van der Waals surface area contributed by atoms with Crippen molar-refractivity contribution in [1.82, 2.24) is 15.3 Å². The smallest absolute Gasteiger partial charge is 0.246 e. The lowest BCUT2D eigenvalue weighted by atomic mass is 9.73. The number of rotatable bonds is 4. The molecule has 0 radical (unpaired) electrons. The molecule has 1 atom stereocenters. The van der Waals surface area contributed by atoms with E-state index >= 15 is 0 Å². The van der Waals surface area contributed by atoms with Crippen LogP contribution in [-0.4, -0.2) is 67.2 Å². The SMILES string of the molecule is CCN1CCOc2ccc(CN3CCC4(CC3)COc3cc5c(cc34)CN(C3CCC(=O)NC3=O)OC5)cc21. The van der Waals surface area contributed by atoms with Gasteiger partial charge in [0.2, 0.25) is 11.8 Å². The van der Waals surface area contributed by atoms with Crippen molar-refractivity contribution in [3.05, 3.63) is 52.6 Å². The summed E-state index contributed by atoms with van der Waals surface area (Å²) in [5.74, 6) is 1.50. The lowest BCUT2D eigenvalue weighted by Crippen LogP contribution is -2.52. The van der Waals surface area contributed by atoms with Gasteiger partial charge in [-0.15, -0.1) is 0 Å². The van der Waals surface area contributed by atoms with E-state index in [1.807, 2.05) is 0 Å². The number of fused-ring (bicyclic) bond motifs is 4. The van der Waals surface area contributed by atoms with Crippen LogP contribution in [0.5, 0.6) is 11.5 Å². The lowest BCUT2D eigenvalue weighted by molar-refractivity contribution is -0.216. The average molecular weight is 533 g/mol. The van der Waals surface area contributed by atoms with Gasteiger partial charge < -0.3 is 14.4 Å². The van der Waals surface area contributed by atoms with Gasteiger partial charge in [-0.05, 0) is 80.2 Å². The van der Waals surface area contributed by atoms with Crippen molar-refractivity contribution in [2.24, 2.45) is 0 Å². The largest absolute Gasteiger partial charge is 0.492 e. The van der Waals surface area contributed by atoms with Gasteiger partial charge in [0.05, 0.1) is 32.0 Å². The molecule has 0 saturated carbocycles. The lowest BCUT2D eigenvalue weighted by Gasteiger charge is -2.39. The Morgan fingerprint density at radius 1 is 1.03 bits per heavy atom. The number of carbonyl (C=O) groups excluding carboxylic acids is 2. The van der Waals surface area contributed by atoms with Crippen LogP contribution in [0, 0.1) is 0 Å². The molecule has 1 spiro atoms. The quantitative estimate of drug-likeness (QED) is 0.602. The molecule has 206 valence electrons. The number of likely N-dealkylation sites (N-methyl/N-ethyl adjacent to an activating group) is 1. The molecule has 2 saturated heterocycles. The molecule has 2 fully saturated rings. The van der Waals surface area contributed by atoms with E-state index in [4.69, 9.17) is 14.3 Å². The number of hydrogen-bond acceptors (Lipinski definition) is 8. The van der Waals surface area contributed by atoms with Crippen molar-refractivity contribution < 1.29 is 23.9 Å². The fraction of sp³-hybridized carbons (Fsp3) is 0.533. The van der Waals surface area contributed by atoms with Gasteiger partial charge in [0.1, 0.15) is 24.1 Å². The zero-order chi connectivity index (χ0) is 26.6. The van der Waals surface area contributed by atoms with Crippen molar-refractivity contribution >= 4 is 17.5 Å². The third-order valence-corrected chi connectivity index (χ3v) is 9.23. The second-order valence-electron chi connectivity index (χ2n) is 11.5. The molecular formula is C30H36N4O5. The minimum absolute atomic E-state index is 0.0291. The maximum absolute atomic E-state index is 12.4. The summed E-state index contributed by atoms with van der Waals surface area (Å²) in [4.78, 5) is 34.9. The first kappa shape index (κ1) is 24.9. The fourth-order valence-electron chi connectivity index (χ4n) is 6.86. The van der Waals surface area contributed by atoms with Crippen LogP contribution in [-0.2, 0) is 39.5 Å². The van der Waals surface area contributed by atoms with Crippen molar-refractivity contribution in [1.29, 1.82) is 0 Å². The molecule has 9 heteroatoms. The van der Waals surface area contributed by atoms with Crippen molar-refractivity contribution in [2.45, 2.75) is 63.8 Å². The Morgan fingerprint density at radius 3 is 2.72 bits per heavy atom. The van der Waals surface area contributed by atoms with Crippen molar-refractivity contribution in [3.8, 4) is 11.5 Å². The summed E-state index contributed by atoms with van der Waals surface area (Å²) in [6.07, 6.45) is 2.95. The number of nitrogens with zero attached hydrogens (tertiary/aromatic N) is 3. The summed E-state index contributed by atoms with van der Waals surface area (Å²) in [5.41, 5.74) is 6.18. The van der Waals surface area contributed by atoms with Gasteiger partial charge in [0.15, 0.2) is 0 Å². The number of likely N-dealkylation sites (tertiary alicyclic amines) is 1. The third-order valence-electron chi connectivity index (χ3n) is 9.23. The number of hydrogen-bond donors (Lipinski definition) is 1. The average Bonchev–Trinajstić information content (AvgIpc) is 3.29. The number of imide groups is 1. The van der Waals surface area contributed by atoms with Gasteiger partial charge in [0, 0.05) is 30.5 Å². The van der Waals surface area contributed by atoms with Crippen molar-refractivity contribution in [2.75, 3.05) is 44.3 Å². The first-order valence-corrected chi connectivity index (χ1v) is 14.3. The van der Waals surface area contributed by atoms with E-state index in [0.717, 1.165) is 75.8 Å². The fourth-order valence-corrected chi connectivity index (χ4v) is 6.86. The number of nitrogens with one attached hydrogen (secondary N) is 1.